The monoisotopic (exact) mass is 272 g/mol. The Morgan fingerprint density at radius 1 is 1.35 bits per heavy atom. The molecule has 0 aromatic heterocycles. The minimum Gasteiger partial charge on any atom is -0.351 e. The summed E-state index contributed by atoms with van der Waals surface area (Å²) in [4.78, 5) is 13.5. The van der Waals surface area contributed by atoms with Gasteiger partial charge in [0.25, 0.3) is 0 Å². The number of nitrogens with one attached hydrogen (secondary N) is 1. The fourth-order valence-electron chi connectivity index (χ4n) is 2.06. The van der Waals surface area contributed by atoms with Gasteiger partial charge >= 0.3 is 0 Å². The van der Waals surface area contributed by atoms with E-state index in [0.29, 0.717) is 6.42 Å². The zero-order valence-electron chi connectivity index (χ0n) is 12.6. The second kappa shape index (κ2) is 8.33. The molecule has 0 heterocycles. The van der Waals surface area contributed by atoms with E-state index < -0.39 is 0 Å². The molecule has 0 bridgehead atoms. The van der Waals surface area contributed by atoms with Crippen LogP contribution >= 0.6 is 0 Å². The first kappa shape index (κ1) is 16.2. The molecule has 1 aromatic carbocycles. The van der Waals surface area contributed by atoms with E-state index in [1.54, 1.807) is 13.1 Å². The molecule has 0 saturated carbocycles. The maximum absolute atomic E-state index is 11.4. The van der Waals surface area contributed by atoms with Crippen molar-refractivity contribution in [3.05, 3.63) is 60.4 Å². The van der Waals surface area contributed by atoms with Gasteiger partial charge in [0.1, 0.15) is 5.78 Å². The number of Topliss-reactive ketones (excluding diaryl/α,β-unsaturated/α-hetero) is 1. The molecule has 20 heavy (non-hydrogen) atoms. The standard InChI is InChI=1S/C17H24N2O/c1-5-19(13-16-9-7-6-8-10-16)12-14(2)11-17(18-4)15(3)20/h5-10,12,17-18H,1,11,13H2,2-4H3/b14-12+. The third kappa shape index (κ3) is 5.41. The second-order valence-electron chi connectivity index (χ2n) is 4.97. The Labute approximate surface area is 122 Å². The summed E-state index contributed by atoms with van der Waals surface area (Å²) >= 11 is 0. The molecule has 3 heteroatoms. The Kier molecular flexibility index (Phi) is 6.74. The Morgan fingerprint density at radius 3 is 2.50 bits per heavy atom. The quantitative estimate of drug-likeness (QED) is 0.789. The van der Waals surface area contributed by atoms with Crippen molar-refractivity contribution in [1.82, 2.24) is 10.2 Å². The predicted octanol–water partition coefficient (Wildman–Crippen LogP) is 3.10. The van der Waals surface area contributed by atoms with E-state index in [1.165, 1.54) is 5.56 Å². The first-order valence-electron chi connectivity index (χ1n) is 6.84. The van der Waals surface area contributed by atoms with Crippen LogP contribution in [0.25, 0.3) is 0 Å². The van der Waals surface area contributed by atoms with E-state index in [9.17, 15) is 4.79 Å². The summed E-state index contributed by atoms with van der Waals surface area (Å²) in [7, 11) is 1.81. The van der Waals surface area contributed by atoms with Crippen molar-refractivity contribution in [2.75, 3.05) is 7.05 Å². The fourth-order valence-corrected chi connectivity index (χ4v) is 2.06. The average molecular weight is 272 g/mol. The van der Waals surface area contributed by atoms with Crippen molar-refractivity contribution >= 4 is 5.78 Å². The Balaban J connectivity index is 2.68. The average Bonchev–Trinajstić information content (AvgIpc) is 2.44. The molecule has 0 aliphatic carbocycles. The van der Waals surface area contributed by atoms with Crippen LogP contribution in [-0.4, -0.2) is 23.8 Å². The molecule has 3 nitrogen and oxygen atoms in total. The highest BCUT2D eigenvalue weighted by atomic mass is 16.1. The summed E-state index contributed by atoms with van der Waals surface area (Å²) < 4.78 is 0. The number of hydrogen-bond donors (Lipinski definition) is 1. The number of rotatable bonds is 8. The third-order valence-electron chi connectivity index (χ3n) is 3.19. The molecule has 0 saturated heterocycles. The van der Waals surface area contributed by atoms with E-state index in [0.717, 1.165) is 12.1 Å². The number of nitrogens with zero attached hydrogens (tertiary/aromatic N) is 1. The lowest BCUT2D eigenvalue weighted by molar-refractivity contribution is -0.118. The van der Waals surface area contributed by atoms with Crippen molar-refractivity contribution < 1.29 is 4.79 Å². The first-order chi connectivity index (χ1) is 9.56. The van der Waals surface area contributed by atoms with Crippen LogP contribution < -0.4 is 5.32 Å². The van der Waals surface area contributed by atoms with Crippen molar-refractivity contribution in [2.45, 2.75) is 32.9 Å². The van der Waals surface area contributed by atoms with Gasteiger partial charge in [-0.25, -0.2) is 0 Å². The predicted molar refractivity (Wildman–Crippen MR) is 84.1 cm³/mol. The van der Waals surface area contributed by atoms with Gasteiger partial charge < -0.3 is 10.2 Å². The van der Waals surface area contributed by atoms with Crippen molar-refractivity contribution in [2.24, 2.45) is 0 Å². The van der Waals surface area contributed by atoms with Crippen LogP contribution in [0.2, 0.25) is 0 Å². The molecule has 1 unspecified atom stereocenters. The highest BCUT2D eigenvalue weighted by Crippen LogP contribution is 2.11. The van der Waals surface area contributed by atoms with Crippen LogP contribution in [0.3, 0.4) is 0 Å². The van der Waals surface area contributed by atoms with Gasteiger partial charge in [-0.15, -0.1) is 0 Å². The van der Waals surface area contributed by atoms with Gasteiger partial charge in [-0.1, -0.05) is 42.5 Å². The van der Waals surface area contributed by atoms with Crippen LogP contribution in [-0.2, 0) is 11.3 Å². The van der Waals surface area contributed by atoms with Crippen LogP contribution in [0.1, 0.15) is 25.8 Å². The molecule has 1 atom stereocenters. The van der Waals surface area contributed by atoms with Gasteiger partial charge in [-0.3, -0.25) is 4.79 Å². The van der Waals surface area contributed by atoms with E-state index in [-0.39, 0.29) is 11.8 Å². The number of ketones is 1. The molecule has 1 aromatic rings. The SMILES string of the molecule is C=CN(/C=C(\C)CC(NC)C(C)=O)Cc1ccccc1. The van der Waals surface area contributed by atoms with Crippen molar-refractivity contribution in [3.63, 3.8) is 0 Å². The molecule has 0 fully saturated rings. The first-order valence-corrected chi connectivity index (χ1v) is 6.84. The Hall–Kier alpha value is -1.87. The van der Waals surface area contributed by atoms with Crippen LogP contribution in [0.4, 0.5) is 0 Å². The molecule has 1 N–H and O–H groups in total. The molecule has 0 radical (unpaired) electrons. The molecular formula is C17H24N2O. The largest absolute Gasteiger partial charge is 0.351 e. The molecule has 0 aliphatic rings. The number of hydrogen-bond acceptors (Lipinski definition) is 3. The Morgan fingerprint density at radius 2 is 2.00 bits per heavy atom. The summed E-state index contributed by atoms with van der Waals surface area (Å²) in [5, 5.41) is 3.04. The topological polar surface area (TPSA) is 32.3 Å². The van der Waals surface area contributed by atoms with Gasteiger partial charge in [-0.2, -0.15) is 0 Å². The van der Waals surface area contributed by atoms with Crippen molar-refractivity contribution in [3.8, 4) is 0 Å². The number of benzene rings is 1. The lowest BCUT2D eigenvalue weighted by Crippen LogP contribution is -2.32. The summed E-state index contributed by atoms with van der Waals surface area (Å²) in [6, 6.07) is 10.1. The smallest absolute Gasteiger partial charge is 0.146 e. The zero-order valence-corrected chi connectivity index (χ0v) is 12.6. The van der Waals surface area contributed by atoms with Gasteiger partial charge in [0, 0.05) is 12.7 Å². The summed E-state index contributed by atoms with van der Waals surface area (Å²) in [6.07, 6.45) is 4.57. The summed E-state index contributed by atoms with van der Waals surface area (Å²) in [5.74, 6) is 0.161. The lowest BCUT2D eigenvalue weighted by Gasteiger charge is -2.18. The summed E-state index contributed by atoms with van der Waals surface area (Å²) in [5.41, 5.74) is 2.38. The van der Waals surface area contributed by atoms with Gasteiger partial charge in [0.15, 0.2) is 0 Å². The highest BCUT2D eigenvalue weighted by molar-refractivity contribution is 5.81. The zero-order chi connectivity index (χ0) is 15.0. The van der Waals surface area contributed by atoms with Gasteiger partial charge in [0.2, 0.25) is 0 Å². The third-order valence-corrected chi connectivity index (χ3v) is 3.19. The minimum absolute atomic E-state index is 0.116. The molecular weight excluding hydrogens is 248 g/mol. The normalized spacial score (nSPS) is 12.8. The Bertz CT molecular complexity index is 465. The molecule has 108 valence electrons. The summed E-state index contributed by atoms with van der Waals surface area (Å²) in [6.45, 7) is 8.28. The van der Waals surface area contributed by atoms with E-state index in [4.69, 9.17) is 0 Å². The number of carbonyl (C=O) groups excluding carboxylic acids is 1. The van der Waals surface area contributed by atoms with Crippen LogP contribution in [0, 0.1) is 0 Å². The maximum atomic E-state index is 11.4. The van der Waals surface area contributed by atoms with E-state index >= 15 is 0 Å². The van der Waals surface area contributed by atoms with Gasteiger partial charge in [0.05, 0.1) is 6.04 Å². The maximum Gasteiger partial charge on any atom is 0.146 e. The molecule has 0 amide bonds. The van der Waals surface area contributed by atoms with E-state index in [2.05, 4.69) is 24.0 Å². The van der Waals surface area contributed by atoms with Gasteiger partial charge in [-0.05, 0) is 39.1 Å². The molecule has 1 rings (SSSR count). The van der Waals surface area contributed by atoms with Crippen LogP contribution in [0.15, 0.2) is 54.9 Å². The van der Waals surface area contributed by atoms with E-state index in [1.807, 2.05) is 43.3 Å². The second-order valence-corrected chi connectivity index (χ2v) is 4.97. The fraction of sp³-hybridized carbons (Fsp3) is 0.353. The number of likely N-dealkylation sites (N-methyl/N-ethyl adjacent to an activating group) is 1. The number of carbonyl (C=O) groups is 1. The lowest BCUT2D eigenvalue weighted by atomic mass is 10.1. The minimum atomic E-state index is -0.116. The highest BCUT2D eigenvalue weighted by Gasteiger charge is 2.12. The van der Waals surface area contributed by atoms with Crippen molar-refractivity contribution in [1.29, 1.82) is 0 Å². The molecule has 0 spiro atoms. The molecule has 0 aliphatic heterocycles. The van der Waals surface area contributed by atoms with Crippen LogP contribution in [0.5, 0.6) is 0 Å².